The van der Waals surface area contributed by atoms with Crippen molar-refractivity contribution < 1.29 is 9.18 Å². The van der Waals surface area contributed by atoms with Gasteiger partial charge in [-0.3, -0.25) is 0 Å². The Balaban J connectivity index is 2.98. The Morgan fingerprint density at radius 3 is 3.00 bits per heavy atom. The minimum absolute atomic E-state index is 0.00810. The molecule has 76 valence electrons. The van der Waals surface area contributed by atoms with Crippen LogP contribution in [0.15, 0.2) is 23.3 Å². The highest BCUT2D eigenvalue weighted by Crippen LogP contribution is 2.09. The number of benzene rings is 1. The number of hydrazone groups is 1. The number of hydrogen-bond donors (Lipinski definition) is 2. The number of nitriles is 1. The molecule has 5 nitrogen and oxygen atoms in total. The lowest BCUT2D eigenvalue weighted by atomic mass is 10.1. The first kappa shape index (κ1) is 10.7. The van der Waals surface area contributed by atoms with E-state index in [1.54, 1.807) is 6.07 Å². The average molecular weight is 206 g/mol. The average Bonchev–Trinajstić information content (AvgIpc) is 2.20. The number of carbonyl (C=O) groups is 1. The van der Waals surface area contributed by atoms with Crippen LogP contribution in [0.5, 0.6) is 0 Å². The van der Waals surface area contributed by atoms with Crippen molar-refractivity contribution in [3.63, 3.8) is 0 Å². The smallest absolute Gasteiger partial charge is 0.332 e. The predicted molar refractivity (Wildman–Crippen MR) is 51.4 cm³/mol. The lowest BCUT2D eigenvalue weighted by Crippen LogP contribution is -2.24. The molecule has 0 heterocycles. The third kappa shape index (κ3) is 2.77. The Morgan fingerprint density at radius 1 is 1.67 bits per heavy atom. The van der Waals surface area contributed by atoms with Gasteiger partial charge in [-0.25, -0.2) is 14.6 Å². The molecule has 2 amide bonds. The Bertz CT molecular complexity index is 450. The highest BCUT2D eigenvalue weighted by molar-refractivity contribution is 5.84. The number of nitrogens with zero attached hydrogens (tertiary/aromatic N) is 2. The number of rotatable bonds is 2. The number of urea groups is 1. The van der Waals surface area contributed by atoms with E-state index >= 15 is 0 Å². The maximum atomic E-state index is 13.2. The molecule has 3 N–H and O–H groups in total. The van der Waals surface area contributed by atoms with E-state index in [1.165, 1.54) is 18.2 Å². The molecule has 0 unspecified atom stereocenters. The Kier molecular flexibility index (Phi) is 3.35. The van der Waals surface area contributed by atoms with Gasteiger partial charge in [0.15, 0.2) is 0 Å². The van der Waals surface area contributed by atoms with Crippen molar-refractivity contribution in [1.29, 1.82) is 5.26 Å². The fourth-order valence-electron chi connectivity index (χ4n) is 0.926. The van der Waals surface area contributed by atoms with Gasteiger partial charge in [0.1, 0.15) is 5.82 Å². The van der Waals surface area contributed by atoms with E-state index < -0.39 is 11.8 Å². The van der Waals surface area contributed by atoms with E-state index in [0.29, 0.717) is 0 Å². The van der Waals surface area contributed by atoms with E-state index in [4.69, 9.17) is 11.0 Å². The zero-order valence-corrected chi connectivity index (χ0v) is 7.57. The predicted octanol–water partition coefficient (Wildman–Crippen LogP) is 0.700. The van der Waals surface area contributed by atoms with Gasteiger partial charge in [-0.1, -0.05) is 6.07 Å². The first-order chi connectivity index (χ1) is 7.15. The van der Waals surface area contributed by atoms with Crippen molar-refractivity contribution in [3.05, 3.63) is 35.1 Å². The van der Waals surface area contributed by atoms with E-state index in [2.05, 4.69) is 5.10 Å². The van der Waals surface area contributed by atoms with E-state index in [-0.39, 0.29) is 11.1 Å². The lowest BCUT2D eigenvalue weighted by molar-refractivity contribution is 0.249. The molecule has 1 rings (SSSR count). The third-order valence-electron chi connectivity index (χ3n) is 1.54. The Morgan fingerprint density at radius 2 is 2.40 bits per heavy atom. The number of amides is 2. The molecule has 0 spiro atoms. The molecule has 0 aliphatic heterocycles. The van der Waals surface area contributed by atoms with Crippen molar-refractivity contribution in [2.24, 2.45) is 10.8 Å². The first-order valence-corrected chi connectivity index (χ1v) is 3.92. The van der Waals surface area contributed by atoms with Crippen LogP contribution >= 0.6 is 0 Å². The normalized spacial score (nSPS) is 9.87. The molecule has 0 bridgehead atoms. The van der Waals surface area contributed by atoms with Crippen LogP contribution in [-0.4, -0.2) is 12.2 Å². The summed E-state index contributed by atoms with van der Waals surface area (Å²) in [6.07, 6.45) is 1.03. The van der Waals surface area contributed by atoms with Crippen molar-refractivity contribution in [2.45, 2.75) is 0 Å². The van der Waals surface area contributed by atoms with Gasteiger partial charge in [0, 0.05) is 5.56 Å². The quantitative estimate of drug-likeness (QED) is 0.550. The first-order valence-electron chi connectivity index (χ1n) is 3.92. The van der Waals surface area contributed by atoms with Crippen molar-refractivity contribution in [2.75, 3.05) is 0 Å². The molecule has 1 aromatic carbocycles. The maximum absolute atomic E-state index is 13.2. The highest BCUT2D eigenvalue weighted by Gasteiger charge is 2.04. The second-order valence-electron chi connectivity index (χ2n) is 2.55. The number of hydrogen-bond acceptors (Lipinski definition) is 3. The summed E-state index contributed by atoms with van der Waals surface area (Å²) < 4.78 is 13.2. The molecule has 15 heavy (non-hydrogen) atoms. The van der Waals surface area contributed by atoms with Crippen molar-refractivity contribution in [3.8, 4) is 6.07 Å². The molecule has 0 atom stereocenters. The van der Waals surface area contributed by atoms with Gasteiger partial charge >= 0.3 is 6.03 Å². The highest BCUT2D eigenvalue weighted by atomic mass is 19.1. The van der Waals surface area contributed by atoms with Crippen molar-refractivity contribution >= 4 is 12.2 Å². The SMILES string of the molecule is N#Cc1cccc(F)c1C=NNC(N)=O. The van der Waals surface area contributed by atoms with Gasteiger partial charge < -0.3 is 5.73 Å². The summed E-state index contributed by atoms with van der Waals surface area (Å²) in [5.41, 5.74) is 6.79. The summed E-state index contributed by atoms with van der Waals surface area (Å²) in [6, 6.07) is 4.97. The van der Waals surface area contributed by atoms with Crippen LogP contribution in [0, 0.1) is 17.1 Å². The van der Waals surface area contributed by atoms with Crippen LogP contribution in [0.25, 0.3) is 0 Å². The van der Waals surface area contributed by atoms with Gasteiger partial charge in [0.25, 0.3) is 0 Å². The Hall–Kier alpha value is -2.42. The molecule has 1 aromatic rings. The summed E-state index contributed by atoms with van der Waals surface area (Å²) in [5, 5.41) is 12.0. The fourth-order valence-corrected chi connectivity index (χ4v) is 0.926. The largest absolute Gasteiger partial charge is 0.350 e. The number of halogens is 1. The van der Waals surface area contributed by atoms with Crippen LogP contribution in [0.2, 0.25) is 0 Å². The van der Waals surface area contributed by atoms with E-state index in [0.717, 1.165) is 6.21 Å². The summed E-state index contributed by atoms with van der Waals surface area (Å²) in [7, 11) is 0. The molecule has 0 saturated heterocycles. The molecule has 6 heteroatoms. The number of primary amides is 1. The lowest BCUT2D eigenvalue weighted by Gasteiger charge is -1.98. The minimum atomic E-state index is -0.860. The van der Waals surface area contributed by atoms with Gasteiger partial charge in [-0.15, -0.1) is 0 Å². The maximum Gasteiger partial charge on any atom is 0.332 e. The second-order valence-corrected chi connectivity index (χ2v) is 2.55. The minimum Gasteiger partial charge on any atom is -0.350 e. The topological polar surface area (TPSA) is 91.3 Å². The molecular weight excluding hydrogens is 199 g/mol. The molecular formula is C9H7FN4O. The summed E-state index contributed by atoms with van der Waals surface area (Å²) in [6.45, 7) is 0. The van der Waals surface area contributed by atoms with Gasteiger partial charge in [0.05, 0.1) is 17.8 Å². The fraction of sp³-hybridized carbons (Fsp3) is 0. The number of nitrogens with two attached hydrogens (primary N) is 1. The van der Waals surface area contributed by atoms with Gasteiger partial charge in [-0.05, 0) is 12.1 Å². The molecule has 0 aliphatic rings. The van der Waals surface area contributed by atoms with Gasteiger partial charge in [-0.2, -0.15) is 10.4 Å². The zero-order valence-electron chi connectivity index (χ0n) is 7.57. The summed E-state index contributed by atoms with van der Waals surface area (Å²) in [5.74, 6) is -0.593. The second kappa shape index (κ2) is 4.72. The Labute approximate surface area is 85.0 Å². The molecule has 0 aromatic heterocycles. The zero-order chi connectivity index (χ0) is 11.3. The third-order valence-corrected chi connectivity index (χ3v) is 1.54. The van der Waals surface area contributed by atoms with Gasteiger partial charge in [0.2, 0.25) is 0 Å². The van der Waals surface area contributed by atoms with E-state index in [9.17, 15) is 9.18 Å². The molecule has 0 aliphatic carbocycles. The monoisotopic (exact) mass is 206 g/mol. The van der Waals surface area contributed by atoms with Crippen LogP contribution < -0.4 is 11.2 Å². The molecule has 0 fully saturated rings. The van der Waals surface area contributed by atoms with Crippen LogP contribution in [-0.2, 0) is 0 Å². The van der Waals surface area contributed by atoms with Crippen LogP contribution in [0.3, 0.4) is 0 Å². The summed E-state index contributed by atoms with van der Waals surface area (Å²) in [4.78, 5) is 10.3. The molecule has 0 saturated carbocycles. The van der Waals surface area contributed by atoms with Crippen LogP contribution in [0.1, 0.15) is 11.1 Å². The number of carbonyl (C=O) groups excluding carboxylic acids is 1. The number of nitrogens with one attached hydrogen (secondary N) is 1. The van der Waals surface area contributed by atoms with E-state index in [1.807, 2.05) is 5.43 Å². The van der Waals surface area contributed by atoms with Crippen molar-refractivity contribution in [1.82, 2.24) is 5.43 Å². The van der Waals surface area contributed by atoms with Crippen LogP contribution in [0.4, 0.5) is 9.18 Å². The standard InChI is InChI=1S/C9H7FN4O/c10-8-3-1-2-6(4-11)7(8)5-13-14-9(12)15/h1-3,5H,(H3,12,14,15). The molecule has 0 radical (unpaired) electrons. The summed E-state index contributed by atoms with van der Waals surface area (Å²) >= 11 is 0.